The standard InChI is InChI=1S/C19H24N4O2S/c1-14-17(26-19(21-14)22-9-11-25-12-10-22)18(24)23-8-7-20-16(13-23)15-5-3-2-4-6-15/h2-6,16,20H,7-13H2,1H3. The van der Waals surface area contributed by atoms with Crippen LogP contribution in [-0.2, 0) is 4.74 Å². The van der Waals surface area contributed by atoms with Gasteiger partial charge in [-0.15, -0.1) is 0 Å². The highest BCUT2D eigenvalue weighted by molar-refractivity contribution is 7.17. The summed E-state index contributed by atoms with van der Waals surface area (Å²) in [6.45, 7) is 7.27. The summed E-state index contributed by atoms with van der Waals surface area (Å²) in [5.74, 6) is 0.0990. The van der Waals surface area contributed by atoms with E-state index in [2.05, 4.69) is 27.3 Å². The third-order valence-electron chi connectivity index (χ3n) is 4.93. The number of hydrogen-bond donors (Lipinski definition) is 1. The molecule has 1 aromatic heterocycles. The fraction of sp³-hybridized carbons (Fsp3) is 0.474. The molecule has 1 amide bonds. The zero-order valence-electron chi connectivity index (χ0n) is 15.0. The molecule has 2 aromatic rings. The average Bonchev–Trinajstić information content (AvgIpc) is 3.10. The molecule has 1 atom stereocenters. The van der Waals surface area contributed by atoms with E-state index < -0.39 is 0 Å². The van der Waals surface area contributed by atoms with Crippen molar-refractivity contribution in [3.63, 3.8) is 0 Å². The molecule has 0 spiro atoms. The topological polar surface area (TPSA) is 57.7 Å². The lowest BCUT2D eigenvalue weighted by molar-refractivity contribution is 0.0707. The third kappa shape index (κ3) is 3.60. The van der Waals surface area contributed by atoms with Gasteiger partial charge >= 0.3 is 0 Å². The summed E-state index contributed by atoms with van der Waals surface area (Å²) in [5.41, 5.74) is 2.05. The van der Waals surface area contributed by atoms with Gasteiger partial charge in [-0.25, -0.2) is 4.98 Å². The van der Waals surface area contributed by atoms with Crippen LogP contribution in [0.2, 0.25) is 0 Å². The first-order valence-corrected chi connectivity index (χ1v) is 9.92. The van der Waals surface area contributed by atoms with E-state index in [0.29, 0.717) is 6.54 Å². The van der Waals surface area contributed by atoms with E-state index in [9.17, 15) is 4.79 Å². The van der Waals surface area contributed by atoms with Crippen LogP contribution in [0, 0.1) is 6.92 Å². The molecule has 2 aliphatic heterocycles. The molecule has 3 heterocycles. The minimum absolute atomic E-state index is 0.0990. The summed E-state index contributed by atoms with van der Waals surface area (Å²) in [5, 5.41) is 4.45. The van der Waals surface area contributed by atoms with Gasteiger partial charge in [-0.1, -0.05) is 41.7 Å². The molecule has 7 heteroatoms. The van der Waals surface area contributed by atoms with Crippen LogP contribution in [0.25, 0.3) is 0 Å². The van der Waals surface area contributed by atoms with Gasteiger partial charge in [-0.05, 0) is 12.5 Å². The first-order chi connectivity index (χ1) is 12.7. The van der Waals surface area contributed by atoms with Crippen molar-refractivity contribution in [1.82, 2.24) is 15.2 Å². The molecule has 1 unspecified atom stereocenters. The number of nitrogens with zero attached hydrogens (tertiary/aromatic N) is 3. The Hall–Kier alpha value is -1.96. The molecule has 0 aliphatic carbocycles. The normalized spacial score (nSPS) is 21.0. The lowest BCUT2D eigenvalue weighted by Crippen LogP contribution is -2.48. The van der Waals surface area contributed by atoms with Crippen molar-refractivity contribution < 1.29 is 9.53 Å². The van der Waals surface area contributed by atoms with Crippen LogP contribution in [0.4, 0.5) is 5.13 Å². The first-order valence-electron chi connectivity index (χ1n) is 9.10. The zero-order chi connectivity index (χ0) is 17.9. The Morgan fingerprint density at radius 2 is 2.00 bits per heavy atom. The number of aromatic nitrogens is 1. The minimum atomic E-state index is 0.0990. The SMILES string of the molecule is Cc1nc(N2CCOCC2)sc1C(=O)N1CCNC(c2ccccc2)C1. The molecule has 6 nitrogen and oxygen atoms in total. The van der Waals surface area contributed by atoms with E-state index in [1.807, 2.05) is 30.0 Å². The summed E-state index contributed by atoms with van der Waals surface area (Å²) >= 11 is 1.51. The van der Waals surface area contributed by atoms with Gasteiger partial charge < -0.3 is 19.9 Å². The number of anilines is 1. The van der Waals surface area contributed by atoms with Gasteiger partial charge in [-0.2, -0.15) is 0 Å². The van der Waals surface area contributed by atoms with Crippen molar-refractivity contribution in [2.75, 3.05) is 50.8 Å². The van der Waals surface area contributed by atoms with Gasteiger partial charge in [0.25, 0.3) is 5.91 Å². The Morgan fingerprint density at radius 3 is 2.77 bits per heavy atom. The number of morpholine rings is 1. The monoisotopic (exact) mass is 372 g/mol. The van der Waals surface area contributed by atoms with Crippen molar-refractivity contribution in [2.24, 2.45) is 0 Å². The maximum atomic E-state index is 13.1. The maximum Gasteiger partial charge on any atom is 0.266 e. The molecular formula is C19H24N4O2S. The van der Waals surface area contributed by atoms with Gasteiger partial charge in [0.1, 0.15) is 4.88 Å². The number of carbonyl (C=O) groups excluding carboxylic acids is 1. The summed E-state index contributed by atoms with van der Waals surface area (Å²) in [6, 6.07) is 10.5. The highest BCUT2D eigenvalue weighted by Gasteiger charge is 2.28. The van der Waals surface area contributed by atoms with Crippen LogP contribution >= 0.6 is 11.3 Å². The lowest BCUT2D eigenvalue weighted by Gasteiger charge is -2.33. The summed E-state index contributed by atoms with van der Waals surface area (Å²) in [7, 11) is 0. The number of aryl methyl sites for hydroxylation is 1. The number of carbonyl (C=O) groups is 1. The van der Waals surface area contributed by atoms with Crippen LogP contribution in [0.1, 0.15) is 27.0 Å². The molecule has 1 aromatic carbocycles. The van der Waals surface area contributed by atoms with Crippen molar-refractivity contribution in [3.8, 4) is 0 Å². The van der Waals surface area contributed by atoms with E-state index in [-0.39, 0.29) is 11.9 Å². The average molecular weight is 372 g/mol. The van der Waals surface area contributed by atoms with Crippen LogP contribution < -0.4 is 10.2 Å². The first kappa shape index (κ1) is 17.5. The van der Waals surface area contributed by atoms with Gasteiger partial charge in [0.15, 0.2) is 5.13 Å². The van der Waals surface area contributed by atoms with Crippen molar-refractivity contribution in [3.05, 3.63) is 46.5 Å². The third-order valence-corrected chi connectivity index (χ3v) is 6.13. The van der Waals surface area contributed by atoms with Crippen LogP contribution in [0.15, 0.2) is 30.3 Å². The Kier molecular flexibility index (Phi) is 5.19. The lowest BCUT2D eigenvalue weighted by atomic mass is 10.0. The van der Waals surface area contributed by atoms with Gasteiger partial charge in [0, 0.05) is 38.8 Å². The highest BCUT2D eigenvalue weighted by Crippen LogP contribution is 2.29. The Balaban J connectivity index is 1.49. The highest BCUT2D eigenvalue weighted by atomic mass is 32.1. The number of piperazine rings is 1. The molecule has 2 aliphatic rings. The smallest absolute Gasteiger partial charge is 0.266 e. The Bertz CT molecular complexity index is 758. The van der Waals surface area contributed by atoms with E-state index in [0.717, 1.165) is 55.1 Å². The van der Waals surface area contributed by atoms with E-state index in [1.165, 1.54) is 16.9 Å². The van der Waals surface area contributed by atoms with E-state index in [1.54, 1.807) is 0 Å². The Morgan fingerprint density at radius 1 is 1.23 bits per heavy atom. The van der Waals surface area contributed by atoms with Crippen molar-refractivity contribution >= 4 is 22.4 Å². The summed E-state index contributed by atoms with van der Waals surface area (Å²) in [6.07, 6.45) is 0. The molecule has 4 rings (SSSR count). The number of hydrogen-bond acceptors (Lipinski definition) is 6. The predicted octanol–water partition coefficient (Wildman–Crippen LogP) is 2.07. The Labute approximate surface area is 157 Å². The number of thiazole rings is 1. The summed E-state index contributed by atoms with van der Waals surface area (Å²) < 4.78 is 5.41. The van der Waals surface area contributed by atoms with Gasteiger partial charge in [0.2, 0.25) is 0 Å². The second-order valence-corrected chi connectivity index (χ2v) is 7.66. The molecular weight excluding hydrogens is 348 g/mol. The van der Waals surface area contributed by atoms with E-state index in [4.69, 9.17) is 4.74 Å². The van der Waals surface area contributed by atoms with Gasteiger partial charge in [-0.3, -0.25) is 4.79 Å². The van der Waals surface area contributed by atoms with E-state index >= 15 is 0 Å². The molecule has 0 radical (unpaired) electrons. The second-order valence-electron chi connectivity index (χ2n) is 6.68. The number of nitrogens with one attached hydrogen (secondary N) is 1. The fourth-order valence-corrected chi connectivity index (χ4v) is 4.54. The predicted molar refractivity (Wildman–Crippen MR) is 103 cm³/mol. The molecule has 2 saturated heterocycles. The van der Waals surface area contributed by atoms with Gasteiger partial charge in [0.05, 0.1) is 18.9 Å². The fourth-order valence-electron chi connectivity index (χ4n) is 3.46. The largest absolute Gasteiger partial charge is 0.378 e. The second kappa shape index (κ2) is 7.73. The van der Waals surface area contributed by atoms with Crippen LogP contribution in [-0.4, -0.2) is 61.7 Å². The molecule has 0 saturated carbocycles. The molecule has 138 valence electrons. The molecule has 0 bridgehead atoms. The van der Waals surface area contributed by atoms with Crippen LogP contribution in [0.5, 0.6) is 0 Å². The van der Waals surface area contributed by atoms with Crippen molar-refractivity contribution in [1.29, 1.82) is 0 Å². The summed E-state index contributed by atoms with van der Waals surface area (Å²) in [4.78, 5) is 22.7. The van der Waals surface area contributed by atoms with Crippen LogP contribution in [0.3, 0.4) is 0 Å². The number of benzene rings is 1. The quantitative estimate of drug-likeness (QED) is 0.894. The zero-order valence-corrected chi connectivity index (χ0v) is 15.8. The molecule has 1 N–H and O–H groups in total. The maximum absolute atomic E-state index is 13.1. The number of rotatable bonds is 3. The number of amides is 1. The number of ether oxygens (including phenoxy) is 1. The molecule has 26 heavy (non-hydrogen) atoms. The molecule has 2 fully saturated rings. The van der Waals surface area contributed by atoms with Crippen molar-refractivity contribution in [2.45, 2.75) is 13.0 Å². The minimum Gasteiger partial charge on any atom is -0.378 e.